The van der Waals surface area contributed by atoms with Gasteiger partial charge in [0.15, 0.2) is 0 Å². The van der Waals surface area contributed by atoms with Crippen molar-refractivity contribution in [3.63, 3.8) is 0 Å². The Hall–Kier alpha value is -1.94. The number of nitrogens with one attached hydrogen (secondary N) is 1. The molecule has 0 aromatic carbocycles. The summed E-state index contributed by atoms with van der Waals surface area (Å²) in [5.74, 6) is 0.785. The van der Waals surface area contributed by atoms with Crippen molar-refractivity contribution in [2.45, 2.75) is 39.8 Å². The molecule has 0 saturated carbocycles. The molecule has 4 heteroatoms. The zero-order valence-electron chi connectivity index (χ0n) is 13.3. The number of nitrogens with zero attached hydrogens (tertiary/aromatic N) is 2. The van der Waals surface area contributed by atoms with Crippen LogP contribution in [0.2, 0.25) is 0 Å². The fraction of sp³-hybridized carbons (Fsp3) is 0.412. The van der Waals surface area contributed by atoms with Gasteiger partial charge in [0.1, 0.15) is 5.75 Å². The number of aryl methyl sites for hydroxylation is 2. The molecule has 21 heavy (non-hydrogen) atoms. The SMILES string of the molecule is CNC(c1cncc(OC(C)C)c1)c1ncc(C)cc1C. The van der Waals surface area contributed by atoms with Crippen molar-refractivity contribution in [3.05, 3.63) is 53.1 Å². The average molecular weight is 285 g/mol. The van der Waals surface area contributed by atoms with E-state index < -0.39 is 0 Å². The number of ether oxygens (including phenoxy) is 1. The molecule has 0 spiro atoms. The molecule has 0 amide bonds. The minimum absolute atomic E-state index is 0.00816. The molecule has 0 saturated heterocycles. The third kappa shape index (κ3) is 3.79. The van der Waals surface area contributed by atoms with Crippen molar-refractivity contribution in [2.24, 2.45) is 0 Å². The predicted molar refractivity (Wildman–Crippen MR) is 84.6 cm³/mol. The monoisotopic (exact) mass is 285 g/mol. The van der Waals surface area contributed by atoms with E-state index in [9.17, 15) is 0 Å². The molecule has 2 heterocycles. The van der Waals surface area contributed by atoms with Crippen LogP contribution in [0.3, 0.4) is 0 Å². The van der Waals surface area contributed by atoms with Gasteiger partial charge in [0.05, 0.1) is 24.0 Å². The molecule has 1 atom stereocenters. The highest BCUT2D eigenvalue weighted by atomic mass is 16.5. The van der Waals surface area contributed by atoms with Crippen LogP contribution in [0.1, 0.15) is 42.3 Å². The highest BCUT2D eigenvalue weighted by Gasteiger charge is 2.17. The lowest BCUT2D eigenvalue weighted by molar-refractivity contribution is 0.241. The third-order valence-corrected chi connectivity index (χ3v) is 3.26. The molecule has 0 radical (unpaired) electrons. The second kappa shape index (κ2) is 6.68. The van der Waals surface area contributed by atoms with E-state index in [4.69, 9.17) is 4.74 Å². The molecule has 0 aliphatic carbocycles. The number of rotatable bonds is 5. The normalized spacial score (nSPS) is 12.5. The molecule has 0 bridgehead atoms. The molecule has 0 aliphatic rings. The van der Waals surface area contributed by atoms with Gasteiger partial charge >= 0.3 is 0 Å². The average Bonchev–Trinajstić information content (AvgIpc) is 2.41. The van der Waals surface area contributed by atoms with Gasteiger partial charge in [-0.2, -0.15) is 0 Å². The van der Waals surface area contributed by atoms with Gasteiger partial charge in [-0.3, -0.25) is 9.97 Å². The van der Waals surface area contributed by atoms with Crippen LogP contribution < -0.4 is 10.1 Å². The summed E-state index contributed by atoms with van der Waals surface area (Å²) >= 11 is 0. The Labute approximate surface area is 126 Å². The van der Waals surface area contributed by atoms with E-state index in [1.165, 1.54) is 11.1 Å². The van der Waals surface area contributed by atoms with E-state index >= 15 is 0 Å². The van der Waals surface area contributed by atoms with Gasteiger partial charge in [-0.15, -0.1) is 0 Å². The van der Waals surface area contributed by atoms with Gasteiger partial charge < -0.3 is 10.1 Å². The summed E-state index contributed by atoms with van der Waals surface area (Å²) in [5, 5.41) is 3.32. The highest BCUT2D eigenvalue weighted by molar-refractivity contribution is 5.35. The first-order valence-corrected chi connectivity index (χ1v) is 7.23. The van der Waals surface area contributed by atoms with Crippen molar-refractivity contribution in [1.82, 2.24) is 15.3 Å². The van der Waals surface area contributed by atoms with E-state index in [-0.39, 0.29) is 12.1 Å². The van der Waals surface area contributed by atoms with Crippen LogP contribution >= 0.6 is 0 Å². The van der Waals surface area contributed by atoms with E-state index in [0.717, 1.165) is 17.0 Å². The fourth-order valence-corrected chi connectivity index (χ4v) is 2.42. The van der Waals surface area contributed by atoms with Crippen molar-refractivity contribution in [2.75, 3.05) is 7.05 Å². The summed E-state index contributed by atoms with van der Waals surface area (Å²) in [6, 6.07) is 4.18. The minimum Gasteiger partial charge on any atom is -0.489 e. The summed E-state index contributed by atoms with van der Waals surface area (Å²) in [4.78, 5) is 8.87. The first kappa shape index (κ1) is 15.4. The molecule has 1 N–H and O–H groups in total. The Bertz CT molecular complexity index is 611. The second-order valence-electron chi connectivity index (χ2n) is 5.56. The van der Waals surface area contributed by atoms with E-state index in [0.29, 0.717) is 0 Å². The van der Waals surface area contributed by atoms with Gasteiger partial charge in [-0.25, -0.2) is 0 Å². The standard InChI is InChI=1S/C17H23N3O/c1-11(2)21-15-7-14(9-19-10-15)17(18-5)16-13(4)6-12(3)8-20-16/h6-11,17-18H,1-5H3. The maximum Gasteiger partial charge on any atom is 0.138 e. The topological polar surface area (TPSA) is 47.0 Å². The third-order valence-electron chi connectivity index (χ3n) is 3.26. The zero-order valence-corrected chi connectivity index (χ0v) is 13.3. The van der Waals surface area contributed by atoms with E-state index in [2.05, 4.69) is 35.2 Å². The predicted octanol–water partition coefficient (Wildman–Crippen LogP) is 3.19. The van der Waals surface area contributed by atoms with Gasteiger partial charge in [0.2, 0.25) is 0 Å². The van der Waals surface area contributed by atoms with Crippen molar-refractivity contribution in [3.8, 4) is 5.75 Å². The Morgan fingerprint density at radius 2 is 1.86 bits per heavy atom. The second-order valence-corrected chi connectivity index (χ2v) is 5.56. The number of aromatic nitrogens is 2. The van der Waals surface area contributed by atoms with Gasteiger partial charge in [0.25, 0.3) is 0 Å². The number of pyridine rings is 2. The Morgan fingerprint density at radius 3 is 2.48 bits per heavy atom. The molecule has 0 aliphatic heterocycles. The van der Waals surface area contributed by atoms with Crippen LogP contribution in [0.5, 0.6) is 5.75 Å². The molecule has 1 unspecified atom stereocenters. The van der Waals surface area contributed by atoms with Crippen LogP contribution in [0.25, 0.3) is 0 Å². The molecular formula is C17H23N3O. The Morgan fingerprint density at radius 1 is 1.10 bits per heavy atom. The number of hydrogen-bond donors (Lipinski definition) is 1. The smallest absolute Gasteiger partial charge is 0.138 e. The van der Waals surface area contributed by atoms with Crippen LogP contribution in [0.4, 0.5) is 0 Å². The summed E-state index contributed by atoms with van der Waals surface area (Å²) in [6.45, 7) is 8.15. The quantitative estimate of drug-likeness (QED) is 0.916. The lowest BCUT2D eigenvalue weighted by atomic mass is 10.0. The number of hydrogen-bond acceptors (Lipinski definition) is 4. The molecule has 2 rings (SSSR count). The minimum atomic E-state index is 0.00816. The van der Waals surface area contributed by atoms with Crippen LogP contribution in [-0.4, -0.2) is 23.1 Å². The van der Waals surface area contributed by atoms with E-state index in [1.54, 1.807) is 6.20 Å². The molecular weight excluding hydrogens is 262 g/mol. The Balaban J connectivity index is 2.37. The van der Waals surface area contributed by atoms with Crippen LogP contribution in [0.15, 0.2) is 30.7 Å². The molecule has 4 nitrogen and oxygen atoms in total. The molecule has 2 aromatic rings. The molecule has 0 fully saturated rings. The van der Waals surface area contributed by atoms with Crippen molar-refractivity contribution in [1.29, 1.82) is 0 Å². The largest absolute Gasteiger partial charge is 0.489 e. The lowest BCUT2D eigenvalue weighted by Crippen LogP contribution is -2.20. The van der Waals surface area contributed by atoms with Gasteiger partial charge in [-0.05, 0) is 57.5 Å². The summed E-state index contributed by atoms with van der Waals surface area (Å²) in [5.41, 5.74) is 4.41. The molecule has 112 valence electrons. The summed E-state index contributed by atoms with van der Waals surface area (Å²) < 4.78 is 5.72. The zero-order chi connectivity index (χ0) is 15.4. The Kier molecular flexibility index (Phi) is 4.91. The maximum absolute atomic E-state index is 5.72. The van der Waals surface area contributed by atoms with Gasteiger partial charge in [0, 0.05) is 12.4 Å². The first-order chi connectivity index (χ1) is 10.0. The van der Waals surface area contributed by atoms with Crippen molar-refractivity contribution >= 4 is 0 Å². The lowest BCUT2D eigenvalue weighted by Gasteiger charge is -2.19. The summed E-state index contributed by atoms with van der Waals surface area (Å²) in [7, 11) is 1.93. The van der Waals surface area contributed by atoms with E-state index in [1.807, 2.05) is 39.4 Å². The van der Waals surface area contributed by atoms with Crippen LogP contribution in [-0.2, 0) is 0 Å². The summed E-state index contributed by atoms with van der Waals surface area (Å²) in [6.07, 6.45) is 5.63. The van der Waals surface area contributed by atoms with Crippen LogP contribution in [0, 0.1) is 13.8 Å². The fourth-order valence-electron chi connectivity index (χ4n) is 2.42. The first-order valence-electron chi connectivity index (χ1n) is 7.23. The molecule has 2 aromatic heterocycles. The highest BCUT2D eigenvalue weighted by Crippen LogP contribution is 2.25. The van der Waals surface area contributed by atoms with Crippen molar-refractivity contribution < 1.29 is 4.74 Å². The van der Waals surface area contributed by atoms with Gasteiger partial charge in [-0.1, -0.05) is 6.07 Å². The maximum atomic E-state index is 5.72.